The van der Waals surface area contributed by atoms with Crippen molar-refractivity contribution in [1.82, 2.24) is 0 Å². The summed E-state index contributed by atoms with van der Waals surface area (Å²) >= 11 is 0. The van der Waals surface area contributed by atoms with Crippen molar-refractivity contribution in [3.05, 3.63) is 29.8 Å². The van der Waals surface area contributed by atoms with Gasteiger partial charge in [0.05, 0.1) is 0 Å². The van der Waals surface area contributed by atoms with Gasteiger partial charge >= 0.3 is 12.5 Å². The smallest absolute Gasteiger partial charge is 0.428 e. The number of rotatable bonds is 7. The quantitative estimate of drug-likeness (QED) is 0.755. The third-order valence-electron chi connectivity index (χ3n) is 2.54. The Balaban J connectivity index is 2.90. The molecule has 0 bridgehead atoms. The van der Waals surface area contributed by atoms with Crippen molar-refractivity contribution >= 4 is 0 Å². The number of nitrogens with two attached hydrogens (primary N) is 2. The molecule has 0 saturated carbocycles. The maximum Gasteiger partial charge on any atom is 0.461 e. The van der Waals surface area contributed by atoms with E-state index in [0.717, 1.165) is 0 Å². The molecule has 1 aromatic carbocycles. The lowest BCUT2D eigenvalue weighted by Gasteiger charge is -2.21. The molecule has 0 amide bonds. The maximum absolute atomic E-state index is 12.9. The molecule has 3 nitrogen and oxygen atoms in total. The lowest BCUT2D eigenvalue weighted by atomic mass is 10.0. The van der Waals surface area contributed by atoms with Crippen LogP contribution in [0.15, 0.2) is 24.3 Å². The highest BCUT2D eigenvalue weighted by Gasteiger charge is 2.44. The molecule has 0 aromatic heterocycles. The van der Waals surface area contributed by atoms with Gasteiger partial charge in [0, 0.05) is 11.6 Å². The summed E-state index contributed by atoms with van der Waals surface area (Å²) in [6.45, 7) is 0.407. The zero-order chi connectivity index (χ0) is 14.5. The molecule has 0 aliphatic rings. The molecule has 1 atom stereocenters. The van der Waals surface area contributed by atoms with E-state index < -0.39 is 18.6 Å². The summed E-state index contributed by atoms with van der Waals surface area (Å²) in [6.07, 6.45) is -7.39. The summed E-state index contributed by atoms with van der Waals surface area (Å²) in [5.74, 6) is -0.336. The number of ether oxygens (including phenoxy) is 1. The van der Waals surface area contributed by atoms with Crippen LogP contribution in [0.25, 0.3) is 0 Å². The van der Waals surface area contributed by atoms with E-state index in [-0.39, 0.29) is 11.3 Å². The fraction of sp³-hybridized carbons (Fsp3) is 0.500. The first-order chi connectivity index (χ1) is 8.88. The molecule has 7 heteroatoms. The molecule has 1 rings (SSSR count). The molecular formula is C12H16F4N2O. The van der Waals surface area contributed by atoms with E-state index in [1.165, 1.54) is 18.2 Å². The molecule has 0 aliphatic carbocycles. The predicted molar refractivity (Wildman–Crippen MR) is 63.2 cm³/mol. The Kier molecular flexibility index (Phi) is 5.56. The van der Waals surface area contributed by atoms with Crippen molar-refractivity contribution < 1.29 is 22.3 Å². The third kappa shape index (κ3) is 4.36. The fourth-order valence-electron chi connectivity index (χ4n) is 1.56. The van der Waals surface area contributed by atoms with Crippen molar-refractivity contribution in [3.8, 4) is 5.75 Å². The van der Waals surface area contributed by atoms with Crippen molar-refractivity contribution in [1.29, 1.82) is 0 Å². The van der Waals surface area contributed by atoms with Gasteiger partial charge in [0.1, 0.15) is 5.75 Å². The molecule has 0 saturated heterocycles. The number of para-hydroxylation sites is 1. The molecular weight excluding hydrogens is 264 g/mol. The average Bonchev–Trinajstić information content (AvgIpc) is 2.36. The summed E-state index contributed by atoms with van der Waals surface area (Å²) < 4.78 is 54.1. The zero-order valence-corrected chi connectivity index (χ0v) is 10.2. The van der Waals surface area contributed by atoms with Crippen LogP contribution in [0.4, 0.5) is 17.6 Å². The molecule has 1 aromatic rings. The normalized spacial score (nSPS) is 13.6. The second kappa shape index (κ2) is 6.72. The summed E-state index contributed by atoms with van der Waals surface area (Å²) in [5.41, 5.74) is 11.4. The summed E-state index contributed by atoms with van der Waals surface area (Å²) in [6, 6.07) is 5.06. The Bertz CT molecular complexity index is 401. The molecule has 0 heterocycles. The van der Waals surface area contributed by atoms with E-state index in [9.17, 15) is 17.6 Å². The van der Waals surface area contributed by atoms with Crippen LogP contribution in [0.1, 0.15) is 24.4 Å². The SMILES string of the molecule is NCCC[C@@H](N)c1ccccc1OC(F)(F)C(F)F. The van der Waals surface area contributed by atoms with Crippen molar-refractivity contribution in [3.63, 3.8) is 0 Å². The highest BCUT2D eigenvalue weighted by Crippen LogP contribution is 2.32. The summed E-state index contributed by atoms with van der Waals surface area (Å²) in [5, 5.41) is 0. The molecule has 0 unspecified atom stereocenters. The van der Waals surface area contributed by atoms with Gasteiger partial charge in [0.2, 0.25) is 0 Å². The van der Waals surface area contributed by atoms with Gasteiger partial charge in [0.25, 0.3) is 0 Å². The monoisotopic (exact) mass is 280 g/mol. The molecule has 0 radical (unpaired) electrons. The van der Waals surface area contributed by atoms with E-state index in [4.69, 9.17) is 11.5 Å². The van der Waals surface area contributed by atoms with Gasteiger partial charge in [-0.1, -0.05) is 18.2 Å². The number of halogens is 4. The first-order valence-corrected chi connectivity index (χ1v) is 5.78. The van der Waals surface area contributed by atoms with E-state index in [0.29, 0.717) is 19.4 Å². The second-order valence-corrected chi connectivity index (χ2v) is 4.04. The number of benzene rings is 1. The topological polar surface area (TPSA) is 61.3 Å². The largest absolute Gasteiger partial charge is 0.461 e. The standard InChI is InChI=1S/C12H16F4N2O/c13-11(14)12(15,16)19-10-6-2-1-4-8(10)9(18)5-3-7-17/h1-2,4,6,9,11H,3,5,7,17-18H2/t9-/m1/s1. The number of hydrogen-bond acceptors (Lipinski definition) is 3. The van der Waals surface area contributed by atoms with E-state index in [1.807, 2.05) is 0 Å². The van der Waals surface area contributed by atoms with Crippen molar-refractivity contribution in [2.24, 2.45) is 11.5 Å². The highest BCUT2D eigenvalue weighted by atomic mass is 19.3. The summed E-state index contributed by atoms with van der Waals surface area (Å²) in [4.78, 5) is 0. The Labute approximate surface area is 108 Å². The third-order valence-corrected chi connectivity index (χ3v) is 2.54. The Morgan fingerprint density at radius 2 is 1.84 bits per heavy atom. The van der Waals surface area contributed by atoms with E-state index in [2.05, 4.69) is 4.74 Å². The number of alkyl halides is 4. The fourth-order valence-corrected chi connectivity index (χ4v) is 1.56. The first kappa shape index (κ1) is 15.7. The number of hydrogen-bond donors (Lipinski definition) is 2. The minimum absolute atomic E-state index is 0.260. The van der Waals surface area contributed by atoms with Crippen LogP contribution in [0.2, 0.25) is 0 Å². The Hall–Kier alpha value is -1.34. The van der Waals surface area contributed by atoms with Gasteiger partial charge < -0.3 is 16.2 Å². The van der Waals surface area contributed by atoms with Crippen LogP contribution < -0.4 is 16.2 Å². The van der Waals surface area contributed by atoms with Crippen LogP contribution in [-0.2, 0) is 0 Å². The lowest BCUT2D eigenvalue weighted by molar-refractivity contribution is -0.253. The molecule has 0 spiro atoms. The Morgan fingerprint density at radius 3 is 2.42 bits per heavy atom. The molecule has 0 fully saturated rings. The van der Waals surface area contributed by atoms with Gasteiger partial charge in [-0.2, -0.15) is 17.6 Å². The van der Waals surface area contributed by atoms with Gasteiger partial charge in [-0.05, 0) is 25.5 Å². The predicted octanol–water partition coefficient (Wildman–Crippen LogP) is 2.66. The maximum atomic E-state index is 12.9. The molecule has 4 N–H and O–H groups in total. The minimum atomic E-state index is -4.54. The van der Waals surface area contributed by atoms with Gasteiger partial charge in [-0.3, -0.25) is 0 Å². The molecule has 108 valence electrons. The van der Waals surface area contributed by atoms with E-state index in [1.54, 1.807) is 6.07 Å². The van der Waals surface area contributed by atoms with Crippen LogP contribution in [0.5, 0.6) is 5.75 Å². The van der Waals surface area contributed by atoms with Crippen molar-refractivity contribution in [2.45, 2.75) is 31.4 Å². The van der Waals surface area contributed by atoms with Crippen LogP contribution in [0.3, 0.4) is 0 Å². The summed E-state index contributed by atoms with van der Waals surface area (Å²) in [7, 11) is 0. The second-order valence-electron chi connectivity index (χ2n) is 4.04. The lowest BCUT2D eigenvalue weighted by Crippen LogP contribution is -2.34. The van der Waals surface area contributed by atoms with Gasteiger partial charge in [-0.25, -0.2) is 0 Å². The van der Waals surface area contributed by atoms with Crippen LogP contribution in [-0.4, -0.2) is 19.1 Å². The first-order valence-electron chi connectivity index (χ1n) is 5.78. The van der Waals surface area contributed by atoms with Gasteiger partial charge in [-0.15, -0.1) is 0 Å². The van der Waals surface area contributed by atoms with Crippen LogP contribution >= 0.6 is 0 Å². The average molecular weight is 280 g/mol. The Morgan fingerprint density at radius 1 is 1.21 bits per heavy atom. The van der Waals surface area contributed by atoms with Crippen LogP contribution in [0, 0.1) is 0 Å². The molecule has 0 aliphatic heterocycles. The van der Waals surface area contributed by atoms with E-state index >= 15 is 0 Å². The van der Waals surface area contributed by atoms with Crippen molar-refractivity contribution in [2.75, 3.05) is 6.54 Å². The zero-order valence-electron chi connectivity index (χ0n) is 10.2. The highest BCUT2D eigenvalue weighted by molar-refractivity contribution is 5.36. The van der Waals surface area contributed by atoms with Gasteiger partial charge in [0.15, 0.2) is 0 Å². The minimum Gasteiger partial charge on any atom is -0.428 e. The molecule has 19 heavy (non-hydrogen) atoms.